The first-order valence-electron chi connectivity index (χ1n) is 8.09. The van der Waals surface area contributed by atoms with Crippen LogP contribution in [0.25, 0.3) is 0 Å². The summed E-state index contributed by atoms with van der Waals surface area (Å²) in [4.78, 5) is 7.66. The van der Waals surface area contributed by atoms with Gasteiger partial charge in [-0.15, -0.1) is 11.3 Å². The molecular formula is C16H27N3O3S2. The van der Waals surface area contributed by atoms with Gasteiger partial charge in [0.1, 0.15) is 0 Å². The van der Waals surface area contributed by atoms with E-state index in [0.29, 0.717) is 32.6 Å². The average molecular weight is 374 g/mol. The molecule has 1 aliphatic heterocycles. The largest absolute Gasteiger partial charge is 0.381 e. The van der Waals surface area contributed by atoms with Gasteiger partial charge >= 0.3 is 0 Å². The predicted molar refractivity (Wildman–Crippen MR) is 99.6 cm³/mol. The lowest BCUT2D eigenvalue weighted by atomic mass is 9.99. The first-order chi connectivity index (χ1) is 11.4. The number of rotatable bonds is 6. The van der Waals surface area contributed by atoms with E-state index in [0.717, 1.165) is 18.9 Å². The van der Waals surface area contributed by atoms with Crippen molar-refractivity contribution in [2.75, 3.05) is 46.7 Å². The number of thiophene rings is 1. The van der Waals surface area contributed by atoms with E-state index in [2.05, 4.69) is 21.8 Å². The third kappa shape index (κ3) is 4.70. The van der Waals surface area contributed by atoms with Crippen molar-refractivity contribution in [3.05, 3.63) is 22.4 Å². The van der Waals surface area contributed by atoms with Crippen LogP contribution < -0.4 is 5.32 Å². The molecule has 0 spiro atoms. The highest BCUT2D eigenvalue weighted by atomic mass is 32.2. The van der Waals surface area contributed by atoms with Gasteiger partial charge in [0.2, 0.25) is 0 Å². The second-order valence-electron chi connectivity index (χ2n) is 6.22. The quantitative estimate of drug-likeness (QED) is 0.603. The molecule has 6 nitrogen and oxygen atoms in total. The molecule has 1 aromatic heterocycles. The fourth-order valence-corrected chi connectivity index (χ4v) is 4.83. The van der Waals surface area contributed by atoms with Gasteiger partial charge < -0.3 is 15.0 Å². The van der Waals surface area contributed by atoms with Crippen LogP contribution in [-0.4, -0.2) is 70.7 Å². The molecule has 2 heterocycles. The lowest BCUT2D eigenvalue weighted by Gasteiger charge is -2.36. The summed E-state index contributed by atoms with van der Waals surface area (Å²) in [5.74, 6) is 0.723. The molecular weight excluding hydrogens is 346 g/mol. The third-order valence-corrected chi connectivity index (χ3v) is 7.67. The van der Waals surface area contributed by atoms with Crippen molar-refractivity contribution < 1.29 is 13.2 Å². The zero-order valence-electron chi connectivity index (χ0n) is 14.6. The van der Waals surface area contributed by atoms with Crippen molar-refractivity contribution in [3.8, 4) is 0 Å². The van der Waals surface area contributed by atoms with Gasteiger partial charge in [0, 0.05) is 51.5 Å². The molecule has 0 unspecified atom stereocenters. The highest BCUT2D eigenvalue weighted by molar-refractivity contribution is 7.92. The standard InChI is InChI=1S/C16H27N3O3S2/c1-17-15(19(2)9-6-14-5-4-12-23-14)18-13-16(24(3,20)21)7-10-22-11-8-16/h4-5,12H,6-11,13H2,1-3H3,(H,17,18). The van der Waals surface area contributed by atoms with Gasteiger partial charge in [-0.2, -0.15) is 0 Å². The fourth-order valence-electron chi connectivity index (χ4n) is 2.89. The van der Waals surface area contributed by atoms with Gasteiger partial charge in [0.05, 0.1) is 4.75 Å². The number of guanidine groups is 1. The molecule has 1 aromatic rings. The topological polar surface area (TPSA) is 71.0 Å². The number of likely N-dealkylation sites (N-methyl/N-ethyl adjacent to an activating group) is 1. The zero-order chi connectivity index (χ0) is 17.6. The summed E-state index contributed by atoms with van der Waals surface area (Å²) in [5, 5.41) is 5.33. The Kier molecular flexibility index (Phi) is 6.65. The average Bonchev–Trinajstić information content (AvgIpc) is 3.07. The van der Waals surface area contributed by atoms with Gasteiger partial charge in [-0.3, -0.25) is 4.99 Å². The van der Waals surface area contributed by atoms with Crippen molar-refractivity contribution in [1.29, 1.82) is 0 Å². The molecule has 0 aromatic carbocycles. The molecule has 0 bridgehead atoms. The van der Waals surface area contributed by atoms with E-state index in [-0.39, 0.29) is 0 Å². The first kappa shape index (κ1) is 19.2. The van der Waals surface area contributed by atoms with Crippen LogP contribution in [0.4, 0.5) is 0 Å². The van der Waals surface area contributed by atoms with Crippen molar-refractivity contribution in [1.82, 2.24) is 10.2 Å². The summed E-state index contributed by atoms with van der Waals surface area (Å²) in [6.07, 6.45) is 3.31. The van der Waals surface area contributed by atoms with Crippen molar-refractivity contribution in [2.24, 2.45) is 4.99 Å². The Labute approximate surface area is 148 Å². The lowest BCUT2D eigenvalue weighted by molar-refractivity contribution is 0.0755. The first-order valence-corrected chi connectivity index (χ1v) is 10.9. The summed E-state index contributed by atoms with van der Waals surface area (Å²) in [6, 6.07) is 4.17. The summed E-state index contributed by atoms with van der Waals surface area (Å²) in [7, 11) is 0.516. The predicted octanol–water partition coefficient (Wildman–Crippen LogP) is 1.39. The molecule has 0 amide bonds. The Balaban J connectivity index is 1.96. The van der Waals surface area contributed by atoms with E-state index in [9.17, 15) is 8.42 Å². The van der Waals surface area contributed by atoms with Crippen LogP contribution >= 0.6 is 11.3 Å². The smallest absolute Gasteiger partial charge is 0.193 e. The maximum absolute atomic E-state index is 12.3. The van der Waals surface area contributed by atoms with E-state index in [4.69, 9.17) is 4.74 Å². The van der Waals surface area contributed by atoms with Crippen LogP contribution in [0.3, 0.4) is 0 Å². The summed E-state index contributed by atoms with van der Waals surface area (Å²) in [5.41, 5.74) is 0. The van der Waals surface area contributed by atoms with Crippen LogP contribution in [0.1, 0.15) is 17.7 Å². The monoisotopic (exact) mass is 373 g/mol. The van der Waals surface area contributed by atoms with E-state index in [1.54, 1.807) is 18.4 Å². The Morgan fingerprint density at radius 3 is 2.71 bits per heavy atom. The van der Waals surface area contributed by atoms with Crippen molar-refractivity contribution >= 4 is 27.1 Å². The highest BCUT2D eigenvalue weighted by Gasteiger charge is 2.42. The van der Waals surface area contributed by atoms with Crippen LogP contribution in [0, 0.1) is 0 Å². The molecule has 8 heteroatoms. The number of ether oxygens (including phenoxy) is 1. The highest BCUT2D eigenvalue weighted by Crippen LogP contribution is 2.28. The molecule has 1 saturated heterocycles. The van der Waals surface area contributed by atoms with Crippen LogP contribution in [0.5, 0.6) is 0 Å². The van der Waals surface area contributed by atoms with Gasteiger partial charge in [-0.1, -0.05) is 6.07 Å². The van der Waals surface area contributed by atoms with E-state index < -0.39 is 14.6 Å². The van der Waals surface area contributed by atoms with Gasteiger partial charge in [0.25, 0.3) is 0 Å². The second kappa shape index (κ2) is 8.31. The van der Waals surface area contributed by atoms with E-state index in [1.807, 2.05) is 18.0 Å². The molecule has 2 rings (SSSR count). The molecule has 24 heavy (non-hydrogen) atoms. The van der Waals surface area contributed by atoms with E-state index >= 15 is 0 Å². The molecule has 1 aliphatic rings. The summed E-state index contributed by atoms with van der Waals surface area (Å²) >= 11 is 1.74. The minimum atomic E-state index is -3.18. The Morgan fingerprint density at radius 1 is 1.46 bits per heavy atom. The SMILES string of the molecule is CN=C(NCC1(S(C)(=O)=O)CCOCC1)N(C)CCc1cccs1. The van der Waals surface area contributed by atoms with Crippen molar-refractivity contribution in [2.45, 2.75) is 24.0 Å². The second-order valence-corrected chi connectivity index (χ2v) is 9.66. The van der Waals surface area contributed by atoms with Gasteiger partial charge in [-0.25, -0.2) is 8.42 Å². The molecule has 0 saturated carbocycles. The number of nitrogens with one attached hydrogen (secondary N) is 1. The van der Waals surface area contributed by atoms with Gasteiger partial charge in [-0.05, 0) is 30.7 Å². The maximum Gasteiger partial charge on any atom is 0.193 e. The number of nitrogens with zero attached hydrogens (tertiary/aromatic N) is 2. The molecule has 1 fully saturated rings. The fraction of sp³-hybridized carbons (Fsp3) is 0.688. The molecule has 0 radical (unpaired) electrons. The third-order valence-electron chi connectivity index (χ3n) is 4.61. The van der Waals surface area contributed by atoms with Crippen LogP contribution in [0.2, 0.25) is 0 Å². The van der Waals surface area contributed by atoms with Crippen LogP contribution in [-0.2, 0) is 21.0 Å². The maximum atomic E-state index is 12.3. The Morgan fingerprint density at radius 2 is 2.17 bits per heavy atom. The normalized spacial score (nSPS) is 18.4. The Hall–Kier alpha value is -1.12. The number of hydrogen-bond acceptors (Lipinski definition) is 5. The van der Waals surface area contributed by atoms with Gasteiger partial charge in [0.15, 0.2) is 15.8 Å². The molecule has 0 atom stereocenters. The summed E-state index contributed by atoms with van der Waals surface area (Å²) < 4.78 is 29.2. The molecule has 1 N–H and O–H groups in total. The number of hydrogen-bond donors (Lipinski definition) is 1. The van der Waals surface area contributed by atoms with Crippen LogP contribution in [0.15, 0.2) is 22.5 Å². The van der Waals surface area contributed by atoms with E-state index in [1.165, 1.54) is 11.1 Å². The minimum Gasteiger partial charge on any atom is -0.381 e. The molecule has 0 aliphatic carbocycles. The minimum absolute atomic E-state index is 0.366. The number of sulfone groups is 1. The lowest BCUT2D eigenvalue weighted by Crippen LogP contribution is -2.54. The Bertz CT molecular complexity index is 636. The van der Waals surface area contributed by atoms with Crippen molar-refractivity contribution in [3.63, 3.8) is 0 Å². The number of aliphatic imine (C=N–C) groups is 1. The summed E-state index contributed by atoms with van der Waals surface area (Å²) in [6.45, 7) is 2.17. The zero-order valence-corrected chi connectivity index (χ0v) is 16.3. The molecule has 136 valence electrons.